The van der Waals surface area contributed by atoms with Crippen LogP contribution in [0.15, 0.2) is 34.2 Å². The van der Waals surface area contributed by atoms with Crippen LogP contribution in [0.5, 0.6) is 0 Å². The van der Waals surface area contributed by atoms with Crippen molar-refractivity contribution >= 4 is 34.9 Å². The molecule has 0 saturated carbocycles. The zero-order chi connectivity index (χ0) is 13.1. The van der Waals surface area contributed by atoms with E-state index in [2.05, 4.69) is 6.92 Å². The Balaban J connectivity index is 2.34. The van der Waals surface area contributed by atoms with Crippen molar-refractivity contribution in [2.24, 2.45) is 0 Å². The largest absolute Gasteiger partial charge is 0.288 e. The predicted molar refractivity (Wildman–Crippen MR) is 75.3 cm³/mol. The van der Waals surface area contributed by atoms with Crippen molar-refractivity contribution in [1.82, 2.24) is 0 Å². The molecule has 0 aliphatic heterocycles. The molecule has 1 aliphatic carbocycles. The second kappa shape index (κ2) is 5.72. The second-order valence-corrected chi connectivity index (χ2v) is 5.53. The highest BCUT2D eigenvalue weighted by molar-refractivity contribution is 8.04. The summed E-state index contributed by atoms with van der Waals surface area (Å²) in [4.78, 5) is 24.7. The van der Waals surface area contributed by atoms with E-state index in [4.69, 9.17) is 11.6 Å². The molecule has 0 heterocycles. The SMILES string of the molecule is CCCCSC1=C(Cl)C(=O)c2ccccc2C1=O. The van der Waals surface area contributed by atoms with Crippen LogP contribution in [0.1, 0.15) is 40.5 Å². The van der Waals surface area contributed by atoms with Crippen molar-refractivity contribution in [1.29, 1.82) is 0 Å². The fraction of sp³-hybridized carbons (Fsp3) is 0.286. The highest BCUT2D eigenvalue weighted by Gasteiger charge is 2.30. The predicted octanol–water partition coefficient (Wildman–Crippen LogP) is 4.05. The minimum absolute atomic E-state index is 0.0693. The Kier molecular flexibility index (Phi) is 4.25. The van der Waals surface area contributed by atoms with Gasteiger partial charge in [-0.1, -0.05) is 49.2 Å². The van der Waals surface area contributed by atoms with Crippen molar-refractivity contribution in [2.75, 3.05) is 5.75 Å². The summed E-state index contributed by atoms with van der Waals surface area (Å²) in [7, 11) is 0. The van der Waals surface area contributed by atoms with E-state index in [9.17, 15) is 9.59 Å². The fourth-order valence-corrected chi connectivity index (χ4v) is 3.22. The molecule has 0 saturated heterocycles. The first kappa shape index (κ1) is 13.4. The molecule has 0 bridgehead atoms. The maximum atomic E-state index is 12.3. The van der Waals surface area contributed by atoms with E-state index < -0.39 is 0 Å². The summed E-state index contributed by atoms with van der Waals surface area (Å²) in [6.45, 7) is 2.08. The van der Waals surface area contributed by atoms with Gasteiger partial charge in [0.2, 0.25) is 11.6 Å². The average molecular weight is 281 g/mol. The van der Waals surface area contributed by atoms with E-state index in [1.165, 1.54) is 11.8 Å². The van der Waals surface area contributed by atoms with E-state index in [0.717, 1.165) is 18.6 Å². The summed E-state index contributed by atoms with van der Waals surface area (Å²) in [6, 6.07) is 6.83. The van der Waals surface area contributed by atoms with Crippen LogP contribution in [0, 0.1) is 0 Å². The number of ketones is 2. The summed E-state index contributed by atoms with van der Waals surface area (Å²) in [5, 5.41) is 0.0693. The molecule has 1 aromatic carbocycles. The van der Waals surface area contributed by atoms with Gasteiger partial charge in [-0.25, -0.2) is 0 Å². The lowest BCUT2D eigenvalue weighted by molar-refractivity contribution is 0.0987. The lowest BCUT2D eigenvalue weighted by atomic mass is 9.95. The number of thioether (sulfide) groups is 1. The standard InChI is InChI=1S/C14H13ClO2S/c1-2-3-8-18-14-11(15)12(16)9-6-4-5-7-10(9)13(14)17/h4-7H,2-3,8H2,1H3. The van der Waals surface area contributed by atoms with E-state index in [0.29, 0.717) is 16.0 Å². The van der Waals surface area contributed by atoms with Gasteiger partial charge in [0.25, 0.3) is 0 Å². The molecule has 1 aromatic rings. The van der Waals surface area contributed by atoms with Gasteiger partial charge in [0, 0.05) is 11.1 Å². The Morgan fingerprint density at radius 1 is 1.11 bits per heavy atom. The first-order chi connectivity index (χ1) is 8.66. The van der Waals surface area contributed by atoms with Gasteiger partial charge in [-0.15, -0.1) is 11.8 Å². The lowest BCUT2D eigenvalue weighted by Gasteiger charge is -2.16. The van der Waals surface area contributed by atoms with Gasteiger partial charge < -0.3 is 0 Å². The molecule has 0 radical (unpaired) electrons. The lowest BCUT2D eigenvalue weighted by Crippen LogP contribution is -2.18. The third-order valence-corrected chi connectivity index (χ3v) is 4.41. The van der Waals surface area contributed by atoms with Crippen LogP contribution in [0.3, 0.4) is 0 Å². The topological polar surface area (TPSA) is 34.1 Å². The Hall–Kier alpha value is -1.06. The van der Waals surface area contributed by atoms with Crippen molar-refractivity contribution in [3.05, 3.63) is 45.3 Å². The van der Waals surface area contributed by atoms with Gasteiger partial charge in [0.1, 0.15) is 5.03 Å². The van der Waals surface area contributed by atoms with Gasteiger partial charge in [0.05, 0.1) is 4.91 Å². The maximum absolute atomic E-state index is 12.3. The van der Waals surface area contributed by atoms with E-state index in [1.54, 1.807) is 24.3 Å². The number of unbranched alkanes of at least 4 members (excludes halogenated alkanes) is 1. The first-order valence-electron chi connectivity index (χ1n) is 5.87. The number of benzene rings is 1. The highest BCUT2D eigenvalue weighted by Crippen LogP contribution is 2.34. The molecular formula is C14H13ClO2S. The normalized spacial score (nSPS) is 15.0. The first-order valence-corrected chi connectivity index (χ1v) is 7.24. The van der Waals surface area contributed by atoms with Gasteiger partial charge in [0.15, 0.2) is 0 Å². The van der Waals surface area contributed by atoms with Crippen LogP contribution in [0.4, 0.5) is 0 Å². The summed E-state index contributed by atoms with van der Waals surface area (Å²) >= 11 is 7.41. The monoisotopic (exact) mass is 280 g/mol. The molecular weight excluding hydrogens is 268 g/mol. The number of allylic oxidation sites excluding steroid dienone is 2. The number of fused-ring (bicyclic) bond motifs is 1. The van der Waals surface area contributed by atoms with E-state index >= 15 is 0 Å². The van der Waals surface area contributed by atoms with Crippen LogP contribution in [0.25, 0.3) is 0 Å². The van der Waals surface area contributed by atoms with Gasteiger partial charge in [-0.2, -0.15) is 0 Å². The Morgan fingerprint density at radius 2 is 1.72 bits per heavy atom. The van der Waals surface area contributed by atoms with Crippen LogP contribution in [-0.4, -0.2) is 17.3 Å². The molecule has 2 nitrogen and oxygen atoms in total. The zero-order valence-electron chi connectivity index (χ0n) is 10.0. The van der Waals surface area contributed by atoms with E-state index in [1.807, 2.05) is 0 Å². The Labute approximate surface area is 115 Å². The molecule has 0 fully saturated rings. The molecule has 0 spiro atoms. The van der Waals surface area contributed by atoms with Crippen molar-refractivity contribution < 1.29 is 9.59 Å². The van der Waals surface area contributed by atoms with Gasteiger partial charge in [-0.3, -0.25) is 9.59 Å². The quantitative estimate of drug-likeness (QED) is 0.780. The minimum atomic E-state index is -0.245. The summed E-state index contributed by atoms with van der Waals surface area (Å²) < 4.78 is 0. The number of hydrogen-bond acceptors (Lipinski definition) is 3. The minimum Gasteiger partial charge on any atom is -0.288 e. The number of Topliss-reactive ketones (excluding diaryl/α,β-unsaturated/α-hetero) is 2. The molecule has 0 atom stereocenters. The number of hydrogen-bond donors (Lipinski definition) is 0. The third kappa shape index (κ3) is 2.38. The molecule has 0 unspecified atom stereocenters. The van der Waals surface area contributed by atoms with Crippen molar-refractivity contribution in [2.45, 2.75) is 19.8 Å². The average Bonchev–Trinajstić information content (AvgIpc) is 2.40. The highest BCUT2D eigenvalue weighted by atomic mass is 35.5. The van der Waals surface area contributed by atoms with Crippen LogP contribution in [-0.2, 0) is 0 Å². The molecule has 18 heavy (non-hydrogen) atoms. The number of carbonyl (C=O) groups is 2. The van der Waals surface area contributed by atoms with Gasteiger partial charge in [-0.05, 0) is 12.2 Å². The zero-order valence-corrected chi connectivity index (χ0v) is 11.6. The molecule has 94 valence electrons. The third-order valence-electron chi connectivity index (χ3n) is 2.77. The molecule has 0 N–H and O–H groups in total. The van der Waals surface area contributed by atoms with Crippen LogP contribution in [0.2, 0.25) is 0 Å². The number of carbonyl (C=O) groups excluding carboxylic acids is 2. The fourth-order valence-electron chi connectivity index (χ4n) is 1.77. The summed E-state index contributed by atoms with van der Waals surface area (Å²) in [5.41, 5.74) is 0.873. The molecule has 4 heteroatoms. The smallest absolute Gasteiger partial charge is 0.206 e. The summed E-state index contributed by atoms with van der Waals surface area (Å²) in [6.07, 6.45) is 2.05. The van der Waals surface area contributed by atoms with Crippen molar-refractivity contribution in [3.8, 4) is 0 Å². The van der Waals surface area contributed by atoms with Crippen LogP contribution >= 0.6 is 23.4 Å². The molecule has 2 rings (SSSR count). The molecule has 0 aromatic heterocycles. The molecule has 1 aliphatic rings. The Morgan fingerprint density at radius 3 is 2.33 bits per heavy atom. The molecule has 0 amide bonds. The maximum Gasteiger partial charge on any atom is 0.206 e. The number of rotatable bonds is 4. The Bertz CT molecular complexity index is 534. The van der Waals surface area contributed by atoms with E-state index in [-0.39, 0.29) is 16.6 Å². The van der Waals surface area contributed by atoms with Crippen molar-refractivity contribution in [3.63, 3.8) is 0 Å². The van der Waals surface area contributed by atoms with Gasteiger partial charge >= 0.3 is 0 Å². The second-order valence-electron chi connectivity index (χ2n) is 4.05. The number of halogens is 1. The van der Waals surface area contributed by atoms with Crippen LogP contribution < -0.4 is 0 Å². The summed E-state index contributed by atoms with van der Waals surface area (Å²) in [5.74, 6) is 0.436.